The van der Waals surface area contributed by atoms with Crippen molar-refractivity contribution in [1.29, 1.82) is 0 Å². The molecule has 2 rings (SSSR count). The van der Waals surface area contributed by atoms with Gasteiger partial charge in [0.1, 0.15) is 0 Å². The summed E-state index contributed by atoms with van der Waals surface area (Å²) in [5.41, 5.74) is 1.28. The lowest BCUT2D eigenvalue weighted by Gasteiger charge is -2.09. The zero-order chi connectivity index (χ0) is 12.8. The minimum absolute atomic E-state index is 0.817. The highest BCUT2D eigenvalue weighted by atomic mass is 32.2. The Morgan fingerprint density at radius 2 is 2.00 bits per heavy atom. The summed E-state index contributed by atoms with van der Waals surface area (Å²) in [6.45, 7) is 1.75. The van der Waals surface area contributed by atoms with Gasteiger partial charge in [0.25, 0.3) is 0 Å². The number of benzene rings is 1. The van der Waals surface area contributed by atoms with E-state index in [9.17, 15) is 0 Å². The molecule has 0 amide bonds. The summed E-state index contributed by atoms with van der Waals surface area (Å²) in [5.74, 6) is 0.892. The van der Waals surface area contributed by atoms with Gasteiger partial charge in [0.05, 0.1) is 6.54 Å². The lowest BCUT2D eigenvalue weighted by molar-refractivity contribution is 0.361. The van der Waals surface area contributed by atoms with Crippen molar-refractivity contribution in [2.24, 2.45) is 0 Å². The van der Waals surface area contributed by atoms with Crippen LogP contribution in [0.3, 0.4) is 0 Å². The molecular weight excluding hydrogens is 246 g/mol. The first-order valence-electron chi connectivity index (χ1n) is 5.83. The van der Waals surface area contributed by atoms with Crippen LogP contribution in [0, 0.1) is 0 Å². The van der Waals surface area contributed by atoms with Gasteiger partial charge in [0.15, 0.2) is 0 Å². The number of rotatable bonds is 6. The van der Waals surface area contributed by atoms with Crippen LogP contribution in [-0.4, -0.2) is 45.7 Å². The Morgan fingerprint density at radius 1 is 1.22 bits per heavy atom. The summed E-state index contributed by atoms with van der Waals surface area (Å²) < 4.78 is 1.85. The highest BCUT2D eigenvalue weighted by molar-refractivity contribution is 7.98. The highest BCUT2D eigenvalue weighted by Gasteiger charge is 2.07. The fourth-order valence-corrected chi connectivity index (χ4v) is 2.32. The molecule has 96 valence electrons. The van der Waals surface area contributed by atoms with Gasteiger partial charge < -0.3 is 4.90 Å². The first-order valence-corrected chi connectivity index (χ1v) is 6.82. The van der Waals surface area contributed by atoms with Gasteiger partial charge in [0, 0.05) is 12.3 Å². The SMILES string of the molecule is CN(C)CCn1nnnc1SCc1ccccc1. The molecule has 0 spiro atoms. The molecule has 0 bridgehead atoms. The Morgan fingerprint density at radius 3 is 2.72 bits per heavy atom. The van der Waals surface area contributed by atoms with Crippen molar-refractivity contribution in [2.45, 2.75) is 17.5 Å². The molecule has 0 saturated heterocycles. The quantitative estimate of drug-likeness (QED) is 0.740. The van der Waals surface area contributed by atoms with Crippen molar-refractivity contribution < 1.29 is 0 Å². The number of hydrogen-bond donors (Lipinski definition) is 0. The summed E-state index contributed by atoms with van der Waals surface area (Å²) >= 11 is 1.67. The molecule has 0 saturated carbocycles. The fourth-order valence-electron chi connectivity index (χ4n) is 1.46. The largest absolute Gasteiger partial charge is 0.308 e. The van der Waals surface area contributed by atoms with Crippen LogP contribution in [0.25, 0.3) is 0 Å². The van der Waals surface area contributed by atoms with E-state index < -0.39 is 0 Å². The minimum atomic E-state index is 0.817. The average molecular weight is 263 g/mol. The van der Waals surface area contributed by atoms with E-state index in [1.165, 1.54) is 5.56 Å². The smallest absolute Gasteiger partial charge is 0.209 e. The summed E-state index contributed by atoms with van der Waals surface area (Å²) in [6.07, 6.45) is 0. The second-order valence-corrected chi connectivity index (χ2v) is 5.20. The normalized spacial score (nSPS) is 11.1. The third-order valence-corrected chi connectivity index (χ3v) is 3.50. The Labute approximate surface area is 111 Å². The molecule has 1 aromatic heterocycles. The summed E-state index contributed by atoms with van der Waals surface area (Å²) in [7, 11) is 4.09. The number of nitrogens with zero attached hydrogens (tertiary/aromatic N) is 5. The van der Waals surface area contributed by atoms with Gasteiger partial charge in [-0.25, -0.2) is 4.68 Å². The fraction of sp³-hybridized carbons (Fsp3) is 0.417. The van der Waals surface area contributed by atoms with Crippen LogP contribution < -0.4 is 0 Å². The first kappa shape index (κ1) is 13.0. The molecular formula is C12H17N5S. The predicted octanol–water partition coefficient (Wildman–Crippen LogP) is 1.53. The molecule has 0 aliphatic heterocycles. The van der Waals surface area contributed by atoms with Gasteiger partial charge >= 0.3 is 0 Å². The third-order valence-electron chi connectivity index (χ3n) is 2.47. The highest BCUT2D eigenvalue weighted by Crippen LogP contribution is 2.19. The van der Waals surface area contributed by atoms with Crippen LogP contribution in [0.2, 0.25) is 0 Å². The van der Waals surface area contributed by atoms with Crippen molar-refractivity contribution >= 4 is 11.8 Å². The van der Waals surface area contributed by atoms with E-state index in [4.69, 9.17) is 0 Å². The van der Waals surface area contributed by atoms with Gasteiger partial charge in [-0.1, -0.05) is 42.1 Å². The number of tetrazole rings is 1. The van der Waals surface area contributed by atoms with Crippen LogP contribution in [0.4, 0.5) is 0 Å². The van der Waals surface area contributed by atoms with E-state index in [1.807, 2.05) is 37.0 Å². The third kappa shape index (κ3) is 3.82. The average Bonchev–Trinajstić information content (AvgIpc) is 2.82. The van der Waals surface area contributed by atoms with Crippen molar-refractivity contribution in [1.82, 2.24) is 25.1 Å². The van der Waals surface area contributed by atoms with Gasteiger partial charge in [-0.2, -0.15) is 0 Å². The Hall–Kier alpha value is -1.40. The van der Waals surface area contributed by atoms with Crippen LogP contribution >= 0.6 is 11.8 Å². The van der Waals surface area contributed by atoms with Crippen molar-refractivity contribution in [2.75, 3.05) is 20.6 Å². The molecule has 0 unspecified atom stereocenters. The van der Waals surface area contributed by atoms with E-state index in [2.05, 4.69) is 32.6 Å². The van der Waals surface area contributed by atoms with E-state index in [0.717, 1.165) is 24.0 Å². The van der Waals surface area contributed by atoms with Gasteiger partial charge in [-0.05, 0) is 30.1 Å². The molecule has 1 heterocycles. The van der Waals surface area contributed by atoms with Crippen molar-refractivity contribution in [3.8, 4) is 0 Å². The summed E-state index contributed by atoms with van der Waals surface area (Å²) in [6, 6.07) is 10.3. The van der Waals surface area contributed by atoms with Crippen molar-refractivity contribution in [3.05, 3.63) is 35.9 Å². The molecule has 0 aliphatic rings. The molecule has 0 radical (unpaired) electrons. The zero-order valence-corrected chi connectivity index (χ0v) is 11.5. The number of hydrogen-bond acceptors (Lipinski definition) is 5. The molecule has 0 atom stereocenters. The zero-order valence-electron chi connectivity index (χ0n) is 10.7. The molecule has 2 aromatic rings. The van der Waals surface area contributed by atoms with Gasteiger partial charge in [-0.3, -0.25) is 0 Å². The predicted molar refractivity (Wildman–Crippen MR) is 72.4 cm³/mol. The van der Waals surface area contributed by atoms with E-state index in [-0.39, 0.29) is 0 Å². The number of aromatic nitrogens is 4. The lowest BCUT2D eigenvalue weighted by atomic mass is 10.2. The van der Waals surface area contributed by atoms with E-state index in [0.29, 0.717) is 0 Å². The monoisotopic (exact) mass is 263 g/mol. The minimum Gasteiger partial charge on any atom is -0.308 e. The molecule has 0 fully saturated rings. The molecule has 0 N–H and O–H groups in total. The Balaban J connectivity index is 1.91. The van der Waals surface area contributed by atoms with Crippen LogP contribution in [0.1, 0.15) is 5.56 Å². The van der Waals surface area contributed by atoms with E-state index in [1.54, 1.807) is 11.8 Å². The number of likely N-dealkylation sites (N-methyl/N-ethyl adjacent to an activating group) is 1. The lowest BCUT2D eigenvalue weighted by Crippen LogP contribution is -2.19. The Bertz CT molecular complexity index is 468. The van der Waals surface area contributed by atoms with Crippen molar-refractivity contribution in [3.63, 3.8) is 0 Å². The molecule has 0 aliphatic carbocycles. The Kier molecular flexibility index (Phi) is 4.72. The molecule has 18 heavy (non-hydrogen) atoms. The molecule has 1 aromatic carbocycles. The van der Waals surface area contributed by atoms with Crippen LogP contribution in [-0.2, 0) is 12.3 Å². The molecule has 6 heteroatoms. The molecule has 5 nitrogen and oxygen atoms in total. The topological polar surface area (TPSA) is 46.8 Å². The van der Waals surface area contributed by atoms with Gasteiger partial charge in [0.2, 0.25) is 5.16 Å². The second-order valence-electron chi connectivity index (χ2n) is 4.26. The van der Waals surface area contributed by atoms with E-state index >= 15 is 0 Å². The standard InChI is InChI=1S/C12H17N5S/c1-16(2)8-9-17-12(13-14-15-17)18-10-11-6-4-3-5-7-11/h3-7H,8-10H2,1-2H3. The second kappa shape index (κ2) is 6.51. The van der Waals surface area contributed by atoms with Gasteiger partial charge in [-0.15, -0.1) is 5.10 Å². The first-order chi connectivity index (χ1) is 8.75. The summed E-state index contributed by atoms with van der Waals surface area (Å²) in [4.78, 5) is 2.12. The van der Waals surface area contributed by atoms with Crippen LogP contribution in [0.5, 0.6) is 0 Å². The van der Waals surface area contributed by atoms with Crippen LogP contribution in [0.15, 0.2) is 35.5 Å². The number of thioether (sulfide) groups is 1. The maximum atomic E-state index is 4.06. The summed E-state index contributed by atoms with van der Waals surface area (Å²) in [5, 5.41) is 12.7. The maximum Gasteiger partial charge on any atom is 0.209 e. The maximum absolute atomic E-state index is 4.06.